The van der Waals surface area contributed by atoms with Crippen molar-refractivity contribution in [1.82, 2.24) is 15.2 Å². The van der Waals surface area contributed by atoms with E-state index in [1.807, 2.05) is 20.8 Å². The lowest BCUT2D eigenvalue weighted by atomic mass is 10.1. The minimum absolute atomic E-state index is 0.195. The van der Waals surface area contributed by atoms with Gasteiger partial charge in [-0.15, -0.1) is 0 Å². The van der Waals surface area contributed by atoms with E-state index in [4.69, 9.17) is 10.6 Å². The number of likely N-dealkylation sites (tertiary alicyclic amines) is 2. The Morgan fingerprint density at radius 2 is 2.00 bits per heavy atom. The molecule has 1 atom stereocenters. The molecule has 104 valence electrons. The first kappa shape index (κ1) is 13.6. The Morgan fingerprint density at radius 1 is 1.33 bits per heavy atom. The molecule has 18 heavy (non-hydrogen) atoms. The van der Waals surface area contributed by atoms with E-state index < -0.39 is 5.60 Å². The Bertz CT molecular complexity index is 310. The van der Waals surface area contributed by atoms with Crippen LogP contribution in [0.2, 0.25) is 0 Å². The molecule has 0 aromatic heterocycles. The summed E-state index contributed by atoms with van der Waals surface area (Å²) in [4.78, 5) is 16.1. The Kier molecular flexibility index (Phi) is 3.79. The molecule has 2 rings (SSSR count). The van der Waals surface area contributed by atoms with Crippen LogP contribution in [0.25, 0.3) is 0 Å². The summed E-state index contributed by atoms with van der Waals surface area (Å²) >= 11 is 0. The van der Waals surface area contributed by atoms with Crippen LogP contribution >= 0.6 is 0 Å². The van der Waals surface area contributed by atoms with Crippen LogP contribution in [-0.2, 0) is 4.74 Å². The van der Waals surface area contributed by atoms with Gasteiger partial charge in [0.2, 0.25) is 0 Å². The van der Waals surface area contributed by atoms with E-state index >= 15 is 0 Å². The van der Waals surface area contributed by atoms with Crippen molar-refractivity contribution in [2.24, 2.45) is 5.84 Å². The summed E-state index contributed by atoms with van der Waals surface area (Å²) in [5.74, 6) is 5.38. The Morgan fingerprint density at radius 3 is 2.56 bits per heavy atom. The number of carbonyl (C=O) groups excluding carboxylic acids is 1. The molecule has 1 amide bonds. The maximum absolute atomic E-state index is 11.9. The summed E-state index contributed by atoms with van der Waals surface area (Å²) in [5.41, 5.74) is 2.36. The molecule has 0 saturated carbocycles. The third-order valence-electron chi connectivity index (χ3n) is 3.48. The predicted octanol–water partition coefficient (Wildman–Crippen LogP) is 0.143. The molecular weight excluding hydrogens is 232 g/mol. The molecule has 1 unspecified atom stereocenters. The zero-order chi connectivity index (χ0) is 13.3. The van der Waals surface area contributed by atoms with Crippen LogP contribution < -0.4 is 11.3 Å². The normalized spacial score (nSPS) is 26.2. The van der Waals surface area contributed by atoms with Crippen molar-refractivity contribution in [3.8, 4) is 0 Å². The lowest BCUT2D eigenvalue weighted by Gasteiger charge is -2.42. The highest BCUT2D eigenvalue weighted by molar-refractivity contribution is 5.68. The van der Waals surface area contributed by atoms with Gasteiger partial charge < -0.3 is 9.64 Å². The molecule has 0 spiro atoms. The second-order valence-electron chi connectivity index (χ2n) is 6.19. The number of rotatable bonds is 2. The van der Waals surface area contributed by atoms with E-state index in [9.17, 15) is 4.79 Å². The van der Waals surface area contributed by atoms with Gasteiger partial charge in [-0.25, -0.2) is 4.79 Å². The number of hydrogen-bond acceptors (Lipinski definition) is 5. The van der Waals surface area contributed by atoms with E-state index in [2.05, 4.69) is 10.3 Å². The predicted molar refractivity (Wildman–Crippen MR) is 68.9 cm³/mol. The van der Waals surface area contributed by atoms with Gasteiger partial charge in [-0.2, -0.15) is 0 Å². The smallest absolute Gasteiger partial charge is 0.410 e. The van der Waals surface area contributed by atoms with Gasteiger partial charge in [-0.05, 0) is 27.2 Å². The van der Waals surface area contributed by atoms with Crippen LogP contribution in [0, 0.1) is 0 Å². The lowest BCUT2D eigenvalue weighted by Crippen LogP contribution is -2.63. The minimum atomic E-state index is -0.416. The van der Waals surface area contributed by atoms with Gasteiger partial charge in [-0.3, -0.25) is 16.2 Å². The molecule has 2 aliphatic rings. The number of hydrogen-bond donors (Lipinski definition) is 2. The highest BCUT2D eigenvalue weighted by Crippen LogP contribution is 2.22. The topological polar surface area (TPSA) is 70.8 Å². The Hall–Kier alpha value is -0.850. The third kappa shape index (κ3) is 3.13. The third-order valence-corrected chi connectivity index (χ3v) is 3.48. The molecule has 6 nitrogen and oxygen atoms in total. The first-order valence-corrected chi connectivity index (χ1v) is 6.57. The van der Waals surface area contributed by atoms with Crippen LogP contribution in [0.15, 0.2) is 0 Å². The molecule has 2 saturated heterocycles. The maximum Gasteiger partial charge on any atom is 0.410 e. The molecular formula is C12H24N4O2. The van der Waals surface area contributed by atoms with E-state index in [-0.39, 0.29) is 6.09 Å². The molecule has 0 aromatic carbocycles. The van der Waals surface area contributed by atoms with Crippen molar-refractivity contribution >= 4 is 6.09 Å². The van der Waals surface area contributed by atoms with Crippen molar-refractivity contribution in [3.05, 3.63) is 0 Å². The molecule has 2 fully saturated rings. The number of nitrogens with two attached hydrogens (primary N) is 1. The molecule has 2 aliphatic heterocycles. The van der Waals surface area contributed by atoms with Crippen LogP contribution in [0.3, 0.4) is 0 Å². The summed E-state index contributed by atoms with van der Waals surface area (Å²) in [7, 11) is 0. The van der Waals surface area contributed by atoms with Crippen molar-refractivity contribution in [2.75, 3.05) is 26.2 Å². The van der Waals surface area contributed by atoms with Gasteiger partial charge in [0.1, 0.15) is 5.60 Å². The standard InChI is InChI=1S/C12H24N4O2/c1-12(2,3)18-11(17)15-5-4-10(8-15)16-6-9(7-16)14-13/h9-10,14H,4-8,13H2,1-3H3. The molecule has 6 heteroatoms. The van der Waals surface area contributed by atoms with Crippen LogP contribution in [0.1, 0.15) is 27.2 Å². The van der Waals surface area contributed by atoms with Gasteiger partial charge in [-0.1, -0.05) is 0 Å². The monoisotopic (exact) mass is 256 g/mol. The van der Waals surface area contributed by atoms with E-state index in [1.165, 1.54) is 0 Å². The first-order valence-electron chi connectivity index (χ1n) is 6.57. The zero-order valence-corrected chi connectivity index (χ0v) is 11.5. The fraction of sp³-hybridized carbons (Fsp3) is 0.917. The molecule has 0 bridgehead atoms. The second kappa shape index (κ2) is 5.03. The molecule has 0 aliphatic carbocycles. The summed E-state index contributed by atoms with van der Waals surface area (Å²) in [5, 5.41) is 0. The van der Waals surface area contributed by atoms with Crippen LogP contribution in [-0.4, -0.2) is 59.8 Å². The van der Waals surface area contributed by atoms with Crippen molar-refractivity contribution in [1.29, 1.82) is 0 Å². The first-order chi connectivity index (χ1) is 8.39. The molecule has 0 radical (unpaired) electrons. The average molecular weight is 256 g/mol. The van der Waals surface area contributed by atoms with Gasteiger partial charge in [0, 0.05) is 38.3 Å². The zero-order valence-electron chi connectivity index (χ0n) is 11.5. The quantitative estimate of drug-likeness (QED) is 0.543. The summed E-state index contributed by atoms with van der Waals surface area (Å²) in [6.07, 6.45) is 0.829. The Balaban J connectivity index is 1.77. The molecule has 0 aromatic rings. The number of nitrogens with zero attached hydrogens (tertiary/aromatic N) is 2. The van der Waals surface area contributed by atoms with E-state index in [0.717, 1.165) is 32.6 Å². The van der Waals surface area contributed by atoms with E-state index in [0.29, 0.717) is 12.1 Å². The highest BCUT2D eigenvalue weighted by atomic mass is 16.6. The number of hydrazine groups is 1. The SMILES string of the molecule is CC(C)(C)OC(=O)N1CCC(N2CC(NN)C2)C1. The van der Waals surface area contributed by atoms with E-state index in [1.54, 1.807) is 4.90 Å². The van der Waals surface area contributed by atoms with Crippen LogP contribution in [0.5, 0.6) is 0 Å². The number of amides is 1. The fourth-order valence-corrected chi connectivity index (χ4v) is 2.45. The fourth-order valence-electron chi connectivity index (χ4n) is 2.45. The number of nitrogens with one attached hydrogen (secondary N) is 1. The van der Waals surface area contributed by atoms with Gasteiger partial charge in [0.05, 0.1) is 0 Å². The van der Waals surface area contributed by atoms with Crippen molar-refractivity contribution < 1.29 is 9.53 Å². The maximum atomic E-state index is 11.9. The molecule has 3 N–H and O–H groups in total. The summed E-state index contributed by atoms with van der Waals surface area (Å²) in [6, 6.07) is 0.864. The highest BCUT2D eigenvalue weighted by Gasteiger charge is 2.37. The number of carbonyl (C=O) groups is 1. The van der Waals surface area contributed by atoms with Crippen LogP contribution in [0.4, 0.5) is 4.79 Å². The van der Waals surface area contributed by atoms with Gasteiger partial charge in [0.25, 0.3) is 0 Å². The summed E-state index contributed by atoms with van der Waals surface area (Å²) in [6.45, 7) is 9.19. The van der Waals surface area contributed by atoms with Gasteiger partial charge in [0.15, 0.2) is 0 Å². The average Bonchev–Trinajstić information content (AvgIpc) is 2.62. The minimum Gasteiger partial charge on any atom is -0.444 e. The lowest BCUT2D eigenvalue weighted by molar-refractivity contribution is 0.0254. The molecule has 2 heterocycles. The van der Waals surface area contributed by atoms with Crippen molar-refractivity contribution in [2.45, 2.75) is 44.9 Å². The largest absolute Gasteiger partial charge is 0.444 e. The van der Waals surface area contributed by atoms with Crippen molar-refractivity contribution in [3.63, 3.8) is 0 Å². The second-order valence-corrected chi connectivity index (χ2v) is 6.19. The van der Waals surface area contributed by atoms with Gasteiger partial charge >= 0.3 is 6.09 Å². The Labute approximate surface area is 108 Å². The number of ether oxygens (including phenoxy) is 1. The summed E-state index contributed by atoms with van der Waals surface area (Å²) < 4.78 is 5.38.